The van der Waals surface area contributed by atoms with Gasteiger partial charge in [-0.1, -0.05) is 84.9 Å². The summed E-state index contributed by atoms with van der Waals surface area (Å²) >= 11 is 0. The Hall–Kier alpha value is -4.91. The first-order chi connectivity index (χ1) is 18.2. The van der Waals surface area contributed by atoms with Crippen LogP contribution in [-0.4, -0.2) is 21.2 Å². The Labute approximate surface area is 214 Å². The zero-order valence-electron chi connectivity index (χ0n) is 20.1. The fraction of sp³-hybridized carbons (Fsp3) is 0.100. The number of para-hydroxylation sites is 2. The van der Waals surface area contributed by atoms with Crippen LogP contribution in [-0.2, 0) is 0 Å². The minimum atomic E-state index is -0.301. The number of guanidine groups is 1. The highest BCUT2D eigenvalue weighted by Gasteiger charge is 2.30. The lowest BCUT2D eigenvalue weighted by atomic mass is 9.98. The molecule has 0 radical (unpaired) electrons. The van der Waals surface area contributed by atoms with Crippen molar-refractivity contribution in [1.82, 2.24) is 9.55 Å². The summed E-state index contributed by atoms with van der Waals surface area (Å²) in [6.07, 6.45) is 0.541. The predicted molar refractivity (Wildman–Crippen MR) is 149 cm³/mol. The summed E-state index contributed by atoms with van der Waals surface area (Å²) in [5, 5.41) is 10.3. The number of rotatable bonds is 4. The van der Waals surface area contributed by atoms with Crippen LogP contribution < -0.4 is 16.1 Å². The summed E-state index contributed by atoms with van der Waals surface area (Å²) in [5.41, 5.74) is 13.6. The van der Waals surface area contributed by atoms with Gasteiger partial charge in [-0.3, -0.25) is 14.9 Å². The third kappa shape index (κ3) is 3.72. The minimum Gasteiger partial charge on any atom is -0.370 e. The number of anilines is 2. The molecule has 7 heteroatoms. The van der Waals surface area contributed by atoms with Gasteiger partial charge in [-0.2, -0.15) is 5.10 Å². The van der Waals surface area contributed by atoms with Crippen molar-refractivity contribution >= 4 is 34.3 Å². The van der Waals surface area contributed by atoms with Crippen molar-refractivity contribution in [3.05, 3.63) is 126 Å². The average molecular weight is 484 g/mol. The summed E-state index contributed by atoms with van der Waals surface area (Å²) < 4.78 is 2.09. The first-order valence-corrected chi connectivity index (χ1v) is 12.4. The van der Waals surface area contributed by atoms with Crippen molar-refractivity contribution in [2.24, 2.45) is 15.8 Å². The molecule has 3 heterocycles. The van der Waals surface area contributed by atoms with E-state index in [2.05, 4.69) is 99.8 Å². The molecule has 0 spiro atoms. The number of nitrogens with two attached hydrogens (primary N) is 1. The first kappa shape index (κ1) is 21.4. The zero-order valence-corrected chi connectivity index (χ0v) is 20.1. The molecule has 1 aromatic heterocycles. The molecule has 0 amide bonds. The second kappa shape index (κ2) is 8.64. The first-order valence-electron chi connectivity index (χ1n) is 12.4. The van der Waals surface area contributed by atoms with E-state index in [9.17, 15) is 0 Å². The number of nitrogens with one attached hydrogen (secondary N) is 1. The lowest BCUT2D eigenvalue weighted by Crippen LogP contribution is -2.31. The molecule has 0 unspecified atom stereocenters. The maximum Gasteiger partial charge on any atom is 0.212 e. The molecule has 37 heavy (non-hydrogen) atoms. The van der Waals surface area contributed by atoms with Crippen LogP contribution in [0.15, 0.2) is 119 Å². The Morgan fingerprint density at radius 3 is 2.24 bits per heavy atom. The van der Waals surface area contributed by atoms with E-state index in [-0.39, 0.29) is 12.2 Å². The fourth-order valence-electron chi connectivity index (χ4n) is 5.23. The number of hydrogen-bond acceptors (Lipinski definition) is 6. The van der Waals surface area contributed by atoms with Crippen molar-refractivity contribution in [1.29, 1.82) is 0 Å². The number of aliphatic imine (C=N–C) groups is 1. The molecule has 0 saturated heterocycles. The smallest absolute Gasteiger partial charge is 0.212 e. The van der Waals surface area contributed by atoms with Gasteiger partial charge < -0.3 is 5.73 Å². The number of hydrazone groups is 1. The van der Waals surface area contributed by atoms with E-state index >= 15 is 0 Å². The molecular weight excluding hydrogens is 458 g/mol. The molecule has 0 fully saturated rings. The number of imidazole rings is 1. The summed E-state index contributed by atoms with van der Waals surface area (Å²) in [7, 11) is 0. The van der Waals surface area contributed by atoms with Crippen molar-refractivity contribution in [2.75, 3.05) is 10.3 Å². The summed E-state index contributed by atoms with van der Waals surface area (Å²) in [6, 6.07) is 37.6. The molecule has 2 aliphatic heterocycles. The van der Waals surface area contributed by atoms with Gasteiger partial charge in [0.25, 0.3) is 0 Å². The molecule has 4 aromatic carbocycles. The van der Waals surface area contributed by atoms with E-state index in [1.807, 2.05) is 24.3 Å². The van der Waals surface area contributed by atoms with Crippen molar-refractivity contribution in [3.8, 4) is 0 Å². The van der Waals surface area contributed by atoms with Crippen molar-refractivity contribution < 1.29 is 0 Å². The van der Waals surface area contributed by atoms with Gasteiger partial charge in [0.1, 0.15) is 0 Å². The molecule has 7 rings (SSSR count). The lowest BCUT2D eigenvalue weighted by Gasteiger charge is -2.26. The molecule has 3 N–H and O–H groups in total. The molecule has 7 nitrogen and oxygen atoms in total. The van der Waals surface area contributed by atoms with Crippen LogP contribution in [0, 0.1) is 0 Å². The van der Waals surface area contributed by atoms with Crippen LogP contribution >= 0.6 is 0 Å². The van der Waals surface area contributed by atoms with Gasteiger partial charge in [0, 0.05) is 6.42 Å². The van der Waals surface area contributed by atoms with Gasteiger partial charge in [0.15, 0.2) is 12.1 Å². The summed E-state index contributed by atoms with van der Waals surface area (Å²) in [6.45, 7) is 0. The lowest BCUT2D eigenvalue weighted by molar-refractivity contribution is 0.625. The molecule has 0 saturated carbocycles. The van der Waals surface area contributed by atoms with Crippen LogP contribution in [0.3, 0.4) is 0 Å². The maximum absolute atomic E-state index is 6.14. The Morgan fingerprint density at radius 1 is 0.757 bits per heavy atom. The van der Waals surface area contributed by atoms with Crippen LogP contribution in [0.1, 0.15) is 35.3 Å². The van der Waals surface area contributed by atoms with Crippen molar-refractivity contribution in [2.45, 2.75) is 18.6 Å². The maximum atomic E-state index is 6.14. The Kier molecular flexibility index (Phi) is 4.99. The fourth-order valence-corrected chi connectivity index (χ4v) is 5.23. The normalized spacial score (nSPS) is 18.8. The number of hydrogen-bond donors (Lipinski definition) is 2. The average Bonchev–Trinajstić information content (AvgIpc) is 3.56. The number of nitrogens with zero attached hydrogens (tertiary/aromatic N) is 5. The van der Waals surface area contributed by atoms with E-state index < -0.39 is 0 Å². The highest BCUT2D eigenvalue weighted by Crippen LogP contribution is 2.38. The third-order valence-corrected chi connectivity index (χ3v) is 7.00. The molecule has 180 valence electrons. The highest BCUT2D eigenvalue weighted by atomic mass is 15.5. The quantitative estimate of drug-likeness (QED) is 0.345. The van der Waals surface area contributed by atoms with Crippen molar-refractivity contribution in [3.63, 3.8) is 0 Å². The highest BCUT2D eigenvalue weighted by molar-refractivity contribution is 6.03. The van der Waals surface area contributed by atoms with Gasteiger partial charge >= 0.3 is 0 Å². The largest absolute Gasteiger partial charge is 0.370 e. The minimum absolute atomic E-state index is 0.124. The monoisotopic (exact) mass is 483 g/mol. The summed E-state index contributed by atoms with van der Waals surface area (Å²) in [4.78, 5) is 9.43. The van der Waals surface area contributed by atoms with E-state index in [1.165, 1.54) is 5.56 Å². The molecule has 2 aliphatic rings. The second-order valence-electron chi connectivity index (χ2n) is 9.29. The van der Waals surface area contributed by atoms with Gasteiger partial charge in [-0.25, -0.2) is 9.98 Å². The molecular formula is C30H25N7. The zero-order chi connectivity index (χ0) is 24.8. The topological polar surface area (TPSA) is 83.8 Å². The Bertz CT molecular complexity index is 1640. The standard InChI is InChI=1S/C30H25N7/c31-29-33-28(36-26-14-8-7-13-24(26)32-30(36)34-29)22-15-17-23(18-16-22)37-27(21-11-5-2-6-12-21)19-25(35-37)20-9-3-1-4-10-20/h1-18,27-28H,19H2,(H3,31,32,33,34)/t27-,28+/m1/s1. The molecule has 0 aliphatic carbocycles. The number of benzene rings is 4. The van der Waals surface area contributed by atoms with E-state index in [4.69, 9.17) is 20.8 Å². The Morgan fingerprint density at radius 2 is 1.46 bits per heavy atom. The van der Waals surface area contributed by atoms with E-state index in [1.54, 1.807) is 0 Å². The predicted octanol–water partition coefficient (Wildman–Crippen LogP) is 5.68. The molecule has 2 atom stereocenters. The van der Waals surface area contributed by atoms with E-state index in [0.29, 0.717) is 11.9 Å². The second-order valence-corrected chi connectivity index (χ2v) is 9.29. The SMILES string of the molecule is NC1=N[C@H](c2ccc(N3N=C(c4ccccc4)C[C@@H]3c3ccccc3)cc2)n2c(nc3ccccc32)N1. The van der Waals surface area contributed by atoms with Crippen LogP contribution in [0.25, 0.3) is 11.0 Å². The van der Waals surface area contributed by atoms with Gasteiger partial charge in [-0.15, -0.1) is 0 Å². The van der Waals surface area contributed by atoms with Crippen LogP contribution in [0.5, 0.6) is 0 Å². The molecule has 0 bridgehead atoms. The van der Waals surface area contributed by atoms with Gasteiger partial charge in [0.05, 0.1) is 28.5 Å². The number of fused-ring (bicyclic) bond motifs is 3. The van der Waals surface area contributed by atoms with Crippen LogP contribution in [0.2, 0.25) is 0 Å². The summed E-state index contributed by atoms with van der Waals surface area (Å²) in [5.74, 6) is 1.06. The Balaban J connectivity index is 1.27. The third-order valence-electron chi connectivity index (χ3n) is 7.00. The molecule has 5 aromatic rings. The van der Waals surface area contributed by atoms with Crippen LogP contribution in [0.4, 0.5) is 11.6 Å². The van der Waals surface area contributed by atoms with E-state index in [0.717, 1.165) is 40.0 Å². The van der Waals surface area contributed by atoms with Gasteiger partial charge in [-0.05, 0) is 41.0 Å². The number of aromatic nitrogens is 2. The van der Waals surface area contributed by atoms with Gasteiger partial charge in [0.2, 0.25) is 5.95 Å².